The second-order valence-corrected chi connectivity index (χ2v) is 4.16. The largest absolute Gasteiger partial charge is 0.426 e. The predicted molar refractivity (Wildman–Crippen MR) is 75.5 cm³/mol. The lowest BCUT2D eigenvalue weighted by atomic mass is 10.2. The Balaban J connectivity index is 1.73. The zero-order valence-corrected chi connectivity index (χ0v) is 10.9. The number of ether oxygens (including phenoxy) is 1. The Morgan fingerprint density at radius 2 is 1.50 bits per heavy atom. The molecule has 0 unspecified atom stereocenters. The van der Waals surface area contributed by atoms with Crippen molar-refractivity contribution in [1.29, 1.82) is 0 Å². The van der Waals surface area contributed by atoms with Crippen molar-refractivity contribution in [3.8, 4) is 5.75 Å². The fourth-order valence-corrected chi connectivity index (χ4v) is 1.64. The van der Waals surface area contributed by atoms with Crippen LogP contribution in [0.15, 0.2) is 60.7 Å². The van der Waals surface area contributed by atoms with Crippen LogP contribution in [0.2, 0.25) is 0 Å². The molecular weight excluding hydrogens is 254 g/mol. The summed E-state index contributed by atoms with van der Waals surface area (Å²) in [7, 11) is 0. The second-order valence-electron chi connectivity index (χ2n) is 4.16. The van der Waals surface area contributed by atoms with Gasteiger partial charge < -0.3 is 10.1 Å². The van der Waals surface area contributed by atoms with E-state index in [2.05, 4.69) is 5.32 Å². The molecule has 0 heterocycles. The summed E-state index contributed by atoms with van der Waals surface area (Å²) in [5.41, 5.74) is 0.573. The van der Waals surface area contributed by atoms with Gasteiger partial charge in [0.2, 0.25) is 0 Å². The molecule has 20 heavy (non-hydrogen) atoms. The highest BCUT2D eigenvalue weighted by Crippen LogP contribution is 2.08. The van der Waals surface area contributed by atoms with Gasteiger partial charge in [0.25, 0.3) is 5.91 Å². The molecule has 4 heteroatoms. The first-order chi connectivity index (χ1) is 9.75. The van der Waals surface area contributed by atoms with Gasteiger partial charge in [0.05, 0.1) is 6.42 Å². The van der Waals surface area contributed by atoms with E-state index >= 15 is 0 Å². The molecule has 0 aliphatic rings. The molecule has 4 nitrogen and oxygen atoms in total. The van der Waals surface area contributed by atoms with Crippen molar-refractivity contribution in [1.82, 2.24) is 5.32 Å². The highest BCUT2D eigenvalue weighted by atomic mass is 16.5. The number of amides is 1. The smallest absolute Gasteiger partial charge is 0.312 e. The van der Waals surface area contributed by atoms with Crippen LogP contribution in [0.1, 0.15) is 16.8 Å². The molecule has 0 saturated carbocycles. The quantitative estimate of drug-likeness (QED) is 0.670. The molecule has 0 fully saturated rings. The fourth-order valence-electron chi connectivity index (χ4n) is 1.64. The minimum Gasteiger partial charge on any atom is -0.426 e. The van der Waals surface area contributed by atoms with Gasteiger partial charge in [0.15, 0.2) is 0 Å². The Hall–Kier alpha value is -2.62. The Labute approximate surface area is 117 Å². The molecule has 0 aliphatic carbocycles. The normalized spacial score (nSPS) is 9.80. The second kappa shape index (κ2) is 7.09. The van der Waals surface area contributed by atoms with Crippen molar-refractivity contribution >= 4 is 11.9 Å². The molecule has 0 aromatic heterocycles. The van der Waals surface area contributed by atoms with Crippen LogP contribution in [-0.2, 0) is 4.79 Å². The maximum atomic E-state index is 11.7. The number of hydrogen-bond donors (Lipinski definition) is 1. The number of hydrogen-bond acceptors (Lipinski definition) is 3. The predicted octanol–water partition coefficient (Wildman–Crippen LogP) is 2.41. The fraction of sp³-hybridized carbons (Fsp3) is 0.125. The number of carbonyl (C=O) groups excluding carboxylic acids is 2. The van der Waals surface area contributed by atoms with Gasteiger partial charge in [-0.15, -0.1) is 0 Å². The number of nitrogens with one attached hydrogen (secondary N) is 1. The molecule has 2 rings (SSSR count). The first-order valence-electron chi connectivity index (χ1n) is 6.34. The number of rotatable bonds is 5. The van der Waals surface area contributed by atoms with Crippen LogP contribution in [0, 0.1) is 0 Å². The lowest BCUT2D eigenvalue weighted by Crippen LogP contribution is -2.27. The van der Waals surface area contributed by atoms with E-state index in [1.165, 1.54) is 0 Å². The Morgan fingerprint density at radius 1 is 0.900 bits per heavy atom. The zero-order valence-electron chi connectivity index (χ0n) is 10.9. The van der Waals surface area contributed by atoms with Crippen LogP contribution >= 0.6 is 0 Å². The molecule has 1 N–H and O–H groups in total. The summed E-state index contributed by atoms with van der Waals surface area (Å²) in [4.78, 5) is 23.3. The molecule has 0 aliphatic heterocycles. The maximum Gasteiger partial charge on any atom is 0.312 e. The zero-order chi connectivity index (χ0) is 14.2. The standard InChI is InChI=1S/C16H15NO3/c18-15(20-14-9-5-2-6-10-14)11-12-17-16(19)13-7-3-1-4-8-13/h1-10H,11-12H2,(H,17,19). The van der Waals surface area contributed by atoms with Gasteiger partial charge in [-0.25, -0.2) is 0 Å². The van der Waals surface area contributed by atoms with Crippen molar-refractivity contribution in [2.75, 3.05) is 6.54 Å². The molecule has 0 saturated heterocycles. The van der Waals surface area contributed by atoms with E-state index in [0.29, 0.717) is 11.3 Å². The average Bonchev–Trinajstić information content (AvgIpc) is 2.49. The summed E-state index contributed by atoms with van der Waals surface area (Å²) in [6.45, 7) is 0.249. The van der Waals surface area contributed by atoms with Crippen molar-refractivity contribution in [2.45, 2.75) is 6.42 Å². The number of para-hydroxylation sites is 1. The third kappa shape index (κ3) is 4.24. The SMILES string of the molecule is O=C(CCNC(=O)c1ccccc1)Oc1ccccc1. The Morgan fingerprint density at radius 3 is 2.15 bits per heavy atom. The average molecular weight is 269 g/mol. The lowest BCUT2D eigenvalue weighted by Gasteiger charge is -2.06. The monoisotopic (exact) mass is 269 g/mol. The summed E-state index contributed by atoms with van der Waals surface area (Å²) < 4.78 is 5.11. The van der Waals surface area contributed by atoms with Crippen LogP contribution in [0.5, 0.6) is 5.75 Å². The van der Waals surface area contributed by atoms with Crippen molar-refractivity contribution in [3.63, 3.8) is 0 Å². The lowest BCUT2D eigenvalue weighted by molar-refractivity contribution is -0.134. The van der Waals surface area contributed by atoms with Crippen LogP contribution in [0.4, 0.5) is 0 Å². The van der Waals surface area contributed by atoms with E-state index in [1.54, 1.807) is 48.5 Å². The van der Waals surface area contributed by atoms with Crippen molar-refractivity contribution < 1.29 is 14.3 Å². The molecule has 0 atom stereocenters. The van der Waals surface area contributed by atoms with E-state index in [-0.39, 0.29) is 24.8 Å². The summed E-state index contributed by atoms with van der Waals surface area (Å²) in [6, 6.07) is 17.7. The number of benzene rings is 2. The van der Waals surface area contributed by atoms with E-state index in [4.69, 9.17) is 4.74 Å². The summed E-state index contributed by atoms with van der Waals surface area (Å²) in [5, 5.41) is 2.68. The van der Waals surface area contributed by atoms with Crippen molar-refractivity contribution in [3.05, 3.63) is 66.2 Å². The maximum absolute atomic E-state index is 11.7. The minimum absolute atomic E-state index is 0.132. The summed E-state index contributed by atoms with van der Waals surface area (Å²) in [5.74, 6) is -0.0606. The van der Waals surface area contributed by atoms with Crippen molar-refractivity contribution in [2.24, 2.45) is 0 Å². The molecule has 2 aromatic rings. The third-order valence-corrected chi connectivity index (χ3v) is 2.63. The molecule has 0 radical (unpaired) electrons. The Bertz CT molecular complexity index is 567. The van der Waals surface area contributed by atoms with Gasteiger partial charge in [0, 0.05) is 12.1 Å². The third-order valence-electron chi connectivity index (χ3n) is 2.63. The highest BCUT2D eigenvalue weighted by Gasteiger charge is 2.07. The van der Waals surface area contributed by atoms with Crippen LogP contribution in [0.25, 0.3) is 0 Å². The van der Waals surface area contributed by atoms with E-state index < -0.39 is 0 Å². The summed E-state index contributed by atoms with van der Waals surface area (Å²) >= 11 is 0. The van der Waals surface area contributed by atoms with Crippen LogP contribution in [0.3, 0.4) is 0 Å². The van der Waals surface area contributed by atoms with Gasteiger partial charge in [-0.05, 0) is 24.3 Å². The first kappa shape index (κ1) is 13.8. The first-order valence-corrected chi connectivity index (χ1v) is 6.34. The van der Waals surface area contributed by atoms with Gasteiger partial charge >= 0.3 is 5.97 Å². The summed E-state index contributed by atoms with van der Waals surface area (Å²) in [6.07, 6.45) is 0.132. The number of carbonyl (C=O) groups is 2. The molecule has 102 valence electrons. The topological polar surface area (TPSA) is 55.4 Å². The molecule has 0 spiro atoms. The Kier molecular flexibility index (Phi) is 4.89. The van der Waals surface area contributed by atoms with E-state index in [9.17, 15) is 9.59 Å². The van der Waals surface area contributed by atoms with Crippen LogP contribution < -0.4 is 10.1 Å². The molecule has 1 amide bonds. The van der Waals surface area contributed by atoms with E-state index in [0.717, 1.165) is 0 Å². The highest BCUT2D eigenvalue weighted by molar-refractivity contribution is 5.94. The van der Waals surface area contributed by atoms with Gasteiger partial charge in [-0.1, -0.05) is 36.4 Å². The molecular formula is C16H15NO3. The number of esters is 1. The van der Waals surface area contributed by atoms with Gasteiger partial charge in [-0.3, -0.25) is 9.59 Å². The molecule has 0 bridgehead atoms. The van der Waals surface area contributed by atoms with E-state index in [1.807, 2.05) is 12.1 Å². The van der Waals surface area contributed by atoms with Gasteiger partial charge in [-0.2, -0.15) is 0 Å². The van der Waals surface area contributed by atoms with Crippen LogP contribution in [-0.4, -0.2) is 18.4 Å². The molecule has 2 aromatic carbocycles. The minimum atomic E-state index is -0.371. The van der Waals surface area contributed by atoms with Gasteiger partial charge in [0.1, 0.15) is 5.75 Å².